The Morgan fingerprint density at radius 3 is 2.35 bits per heavy atom. The second-order valence-electron chi connectivity index (χ2n) is 6.35. The number of aromatic nitrogens is 1. The van der Waals surface area contributed by atoms with Crippen LogP contribution in [-0.2, 0) is 4.79 Å². The Kier molecular flexibility index (Phi) is 5.38. The highest BCUT2D eigenvalue weighted by Crippen LogP contribution is 2.30. The molecule has 1 amide bonds. The minimum Gasteiger partial charge on any atom is -0.483 e. The first-order valence-electron chi connectivity index (χ1n) is 8.47. The molecule has 134 valence electrons. The predicted molar refractivity (Wildman–Crippen MR) is 107 cm³/mol. The van der Waals surface area contributed by atoms with Gasteiger partial charge in [0.2, 0.25) is 0 Å². The second kappa shape index (κ2) is 7.70. The molecule has 0 atom stereocenters. The summed E-state index contributed by atoms with van der Waals surface area (Å²) in [4.78, 5) is 17.9. The molecule has 0 aliphatic carbocycles. The molecule has 4 nitrogen and oxygen atoms in total. The number of para-hydroxylation sites is 1. The second-order valence-corrected chi connectivity index (χ2v) is 7.55. The highest BCUT2D eigenvalue weighted by atomic mass is 32.1. The van der Waals surface area contributed by atoms with Crippen LogP contribution in [0.1, 0.15) is 21.6 Å². The molecule has 0 spiro atoms. The summed E-state index contributed by atoms with van der Waals surface area (Å²) in [6.45, 7) is 7.97. The van der Waals surface area contributed by atoms with Crippen molar-refractivity contribution in [1.29, 1.82) is 0 Å². The third-order valence-corrected chi connectivity index (χ3v) is 5.01. The Balaban J connectivity index is 1.67. The van der Waals surface area contributed by atoms with Crippen LogP contribution in [0.15, 0.2) is 42.5 Å². The van der Waals surface area contributed by atoms with E-state index >= 15 is 0 Å². The Labute approximate surface area is 157 Å². The molecule has 0 aliphatic heterocycles. The van der Waals surface area contributed by atoms with Gasteiger partial charge in [-0.3, -0.25) is 10.1 Å². The number of nitrogens with one attached hydrogen (secondary N) is 1. The number of anilines is 1. The molecule has 5 heteroatoms. The van der Waals surface area contributed by atoms with E-state index in [0.717, 1.165) is 33.0 Å². The Hall–Kier alpha value is -2.66. The fourth-order valence-corrected chi connectivity index (χ4v) is 3.60. The standard InChI is InChI=1S/C21H22N2O2S/c1-13-8-10-17(11-9-13)19-16(4)26-21(23-19)22-18(24)12-25-20-14(2)6-5-7-15(20)3/h5-11H,12H2,1-4H3,(H,22,23,24). The molecule has 0 radical (unpaired) electrons. The van der Waals surface area contributed by atoms with Gasteiger partial charge in [0.05, 0.1) is 5.69 Å². The van der Waals surface area contributed by atoms with Gasteiger partial charge >= 0.3 is 0 Å². The van der Waals surface area contributed by atoms with E-state index in [2.05, 4.69) is 29.4 Å². The van der Waals surface area contributed by atoms with E-state index in [0.29, 0.717) is 5.13 Å². The summed E-state index contributed by atoms with van der Waals surface area (Å²) in [7, 11) is 0. The fraction of sp³-hybridized carbons (Fsp3) is 0.238. The number of carbonyl (C=O) groups excluding carboxylic acids is 1. The summed E-state index contributed by atoms with van der Waals surface area (Å²) in [5, 5.41) is 3.43. The first-order chi connectivity index (χ1) is 12.4. The largest absolute Gasteiger partial charge is 0.483 e. The Morgan fingerprint density at radius 1 is 1.04 bits per heavy atom. The van der Waals surface area contributed by atoms with Crippen molar-refractivity contribution in [1.82, 2.24) is 4.98 Å². The zero-order chi connectivity index (χ0) is 18.7. The normalized spacial score (nSPS) is 10.6. The molecule has 3 rings (SSSR count). The molecular formula is C21H22N2O2S. The topological polar surface area (TPSA) is 51.2 Å². The first-order valence-corrected chi connectivity index (χ1v) is 9.29. The summed E-state index contributed by atoms with van der Waals surface area (Å²) < 4.78 is 5.70. The van der Waals surface area contributed by atoms with Crippen LogP contribution in [0.4, 0.5) is 5.13 Å². The lowest BCUT2D eigenvalue weighted by atomic mass is 10.1. The molecule has 0 saturated heterocycles. The summed E-state index contributed by atoms with van der Waals surface area (Å²) in [5.74, 6) is 0.551. The van der Waals surface area contributed by atoms with Crippen molar-refractivity contribution in [3.8, 4) is 17.0 Å². The van der Waals surface area contributed by atoms with Crippen molar-refractivity contribution in [3.05, 3.63) is 64.0 Å². The van der Waals surface area contributed by atoms with Crippen LogP contribution in [0.3, 0.4) is 0 Å². The Bertz CT molecular complexity index is 909. The minimum atomic E-state index is -0.211. The average Bonchev–Trinajstić information content (AvgIpc) is 2.95. The molecule has 3 aromatic rings. The number of thiazole rings is 1. The molecule has 1 N–H and O–H groups in total. The maximum atomic E-state index is 12.2. The molecule has 0 aliphatic rings. The van der Waals surface area contributed by atoms with Crippen molar-refractivity contribution in [3.63, 3.8) is 0 Å². The molecular weight excluding hydrogens is 344 g/mol. The van der Waals surface area contributed by atoms with E-state index in [4.69, 9.17) is 4.74 Å². The van der Waals surface area contributed by atoms with Crippen LogP contribution < -0.4 is 10.1 Å². The number of hydrogen-bond acceptors (Lipinski definition) is 4. The van der Waals surface area contributed by atoms with Crippen LogP contribution in [-0.4, -0.2) is 17.5 Å². The molecule has 26 heavy (non-hydrogen) atoms. The van der Waals surface area contributed by atoms with Crippen molar-refractivity contribution in [2.24, 2.45) is 0 Å². The lowest BCUT2D eigenvalue weighted by molar-refractivity contribution is -0.118. The van der Waals surface area contributed by atoms with Gasteiger partial charge in [-0.05, 0) is 38.8 Å². The van der Waals surface area contributed by atoms with Crippen molar-refractivity contribution in [2.75, 3.05) is 11.9 Å². The number of carbonyl (C=O) groups is 1. The summed E-state index contributed by atoms with van der Waals surface area (Å²) in [5.41, 5.74) is 5.20. The van der Waals surface area contributed by atoms with Gasteiger partial charge < -0.3 is 4.74 Å². The summed E-state index contributed by atoms with van der Waals surface area (Å²) in [6, 6.07) is 14.1. The van der Waals surface area contributed by atoms with Gasteiger partial charge in [0.25, 0.3) is 5.91 Å². The maximum absolute atomic E-state index is 12.2. The van der Waals surface area contributed by atoms with Crippen LogP contribution in [0, 0.1) is 27.7 Å². The van der Waals surface area contributed by atoms with Crippen molar-refractivity contribution >= 4 is 22.4 Å². The molecule has 0 bridgehead atoms. The van der Waals surface area contributed by atoms with Crippen LogP contribution >= 0.6 is 11.3 Å². The van der Waals surface area contributed by atoms with Crippen LogP contribution in [0.5, 0.6) is 5.75 Å². The van der Waals surface area contributed by atoms with Crippen molar-refractivity contribution in [2.45, 2.75) is 27.7 Å². The molecule has 0 fully saturated rings. The number of hydrogen-bond donors (Lipinski definition) is 1. The third-order valence-electron chi connectivity index (χ3n) is 4.12. The van der Waals surface area contributed by atoms with E-state index in [9.17, 15) is 4.79 Å². The summed E-state index contributed by atoms with van der Waals surface area (Å²) >= 11 is 1.47. The highest BCUT2D eigenvalue weighted by Gasteiger charge is 2.13. The van der Waals surface area contributed by atoms with Gasteiger partial charge in [-0.15, -0.1) is 11.3 Å². The zero-order valence-corrected chi connectivity index (χ0v) is 16.2. The monoisotopic (exact) mass is 366 g/mol. The smallest absolute Gasteiger partial charge is 0.264 e. The number of ether oxygens (including phenoxy) is 1. The van der Waals surface area contributed by atoms with E-state index < -0.39 is 0 Å². The van der Waals surface area contributed by atoms with E-state index in [1.165, 1.54) is 16.9 Å². The van der Waals surface area contributed by atoms with Gasteiger partial charge in [-0.25, -0.2) is 4.98 Å². The van der Waals surface area contributed by atoms with Crippen LogP contribution in [0.2, 0.25) is 0 Å². The van der Waals surface area contributed by atoms with Gasteiger partial charge in [-0.2, -0.15) is 0 Å². The van der Waals surface area contributed by atoms with Gasteiger partial charge in [0.1, 0.15) is 5.75 Å². The number of rotatable bonds is 5. The first kappa shape index (κ1) is 18.1. The van der Waals surface area contributed by atoms with Gasteiger partial charge in [0.15, 0.2) is 11.7 Å². The van der Waals surface area contributed by atoms with Crippen molar-refractivity contribution < 1.29 is 9.53 Å². The van der Waals surface area contributed by atoms with Gasteiger partial charge in [-0.1, -0.05) is 48.0 Å². The molecule has 1 aromatic heterocycles. The van der Waals surface area contributed by atoms with Gasteiger partial charge in [0, 0.05) is 10.4 Å². The molecule has 0 saturated carbocycles. The maximum Gasteiger partial charge on any atom is 0.264 e. The fourth-order valence-electron chi connectivity index (χ4n) is 2.75. The third kappa shape index (κ3) is 4.11. The summed E-state index contributed by atoms with van der Waals surface area (Å²) in [6.07, 6.45) is 0. The molecule has 0 unspecified atom stereocenters. The number of aryl methyl sites for hydroxylation is 4. The number of benzene rings is 2. The predicted octanol–water partition coefficient (Wildman–Crippen LogP) is 5.06. The average molecular weight is 366 g/mol. The quantitative estimate of drug-likeness (QED) is 0.686. The molecule has 1 heterocycles. The SMILES string of the molecule is Cc1ccc(-c2nc(NC(=O)COc3c(C)cccc3C)sc2C)cc1. The number of amides is 1. The van der Waals surface area contributed by atoms with Crippen LogP contribution in [0.25, 0.3) is 11.3 Å². The van der Waals surface area contributed by atoms with E-state index in [-0.39, 0.29) is 12.5 Å². The van der Waals surface area contributed by atoms with E-state index in [1.54, 1.807) is 0 Å². The highest BCUT2D eigenvalue weighted by molar-refractivity contribution is 7.16. The number of nitrogens with zero attached hydrogens (tertiary/aromatic N) is 1. The Morgan fingerprint density at radius 2 is 1.69 bits per heavy atom. The lowest BCUT2D eigenvalue weighted by Crippen LogP contribution is -2.20. The zero-order valence-electron chi connectivity index (χ0n) is 15.4. The lowest BCUT2D eigenvalue weighted by Gasteiger charge is -2.11. The molecule has 2 aromatic carbocycles. The van der Waals surface area contributed by atoms with E-state index in [1.807, 2.05) is 51.1 Å². The minimum absolute atomic E-state index is 0.0375.